The number of benzene rings is 1. The van der Waals surface area contributed by atoms with E-state index in [1.807, 2.05) is 13.8 Å². The Labute approximate surface area is 128 Å². The van der Waals surface area contributed by atoms with Crippen LogP contribution >= 0.6 is 0 Å². The third-order valence-electron chi connectivity index (χ3n) is 3.39. The van der Waals surface area contributed by atoms with Gasteiger partial charge in [-0.2, -0.15) is 9.57 Å². The van der Waals surface area contributed by atoms with Crippen molar-refractivity contribution in [3.63, 3.8) is 0 Å². The molecule has 1 aromatic carbocycles. The quantitative estimate of drug-likeness (QED) is 0.692. The van der Waals surface area contributed by atoms with E-state index in [1.165, 1.54) is 0 Å². The Morgan fingerprint density at radius 2 is 1.90 bits per heavy atom. The maximum atomic E-state index is 12.6. The fourth-order valence-electron chi connectivity index (χ4n) is 2.27. The lowest BCUT2D eigenvalue weighted by Crippen LogP contribution is -2.38. The number of nitriles is 1. The Hall–Kier alpha value is -1.38. The standard InChI is InChI=1S/C16H24N2O2S/c1-4-5-8-11-18(14(2)3)21(19,20)13-16-10-7-6-9-15(16)12-17/h6-7,9-10,14H,4-5,8,11,13H2,1-3H3. The first kappa shape index (κ1) is 17.7. The monoisotopic (exact) mass is 308 g/mol. The van der Waals surface area contributed by atoms with Gasteiger partial charge in [-0.3, -0.25) is 0 Å². The van der Waals surface area contributed by atoms with E-state index in [4.69, 9.17) is 5.26 Å². The lowest BCUT2D eigenvalue weighted by atomic mass is 10.1. The zero-order chi connectivity index (χ0) is 15.9. The molecule has 5 heteroatoms. The van der Waals surface area contributed by atoms with Crippen molar-refractivity contribution in [2.75, 3.05) is 6.54 Å². The predicted molar refractivity (Wildman–Crippen MR) is 85.1 cm³/mol. The molecule has 0 bridgehead atoms. The van der Waals surface area contributed by atoms with Crippen molar-refractivity contribution in [3.05, 3.63) is 35.4 Å². The largest absolute Gasteiger partial charge is 0.218 e. The maximum Gasteiger partial charge on any atom is 0.218 e. The van der Waals surface area contributed by atoms with E-state index in [0.29, 0.717) is 17.7 Å². The highest BCUT2D eigenvalue weighted by molar-refractivity contribution is 7.88. The summed E-state index contributed by atoms with van der Waals surface area (Å²) in [6, 6.07) is 8.86. The van der Waals surface area contributed by atoms with Crippen LogP contribution in [-0.4, -0.2) is 25.3 Å². The highest BCUT2D eigenvalue weighted by Gasteiger charge is 2.25. The first-order valence-corrected chi connectivity index (χ1v) is 9.00. The van der Waals surface area contributed by atoms with Crippen LogP contribution in [0, 0.1) is 11.3 Å². The van der Waals surface area contributed by atoms with Gasteiger partial charge < -0.3 is 0 Å². The van der Waals surface area contributed by atoms with E-state index in [9.17, 15) is 8.42 Å². The summed E-state index contributed by atoms with van der Waals surface area (Å²) < 4.78 is 26.8. The summed E-state index contributed by atoms with van der Waals surface area (Å²) in [6.45, 7) is 6.42. The SMILES string of the molecule is CCCCCN(C(C)C)S(=O)(=O)Cc1ccccc1C#N. The lowest BCUT2D eigenvalue weighted by Gasteiger charge is -2.26. The molecule has 0 unspecified atom stereocenters. The smallest absolute Gasteiger partial charge is 0.212 e. The number of nitrogens with zero attached hydrogens (tertiary/aromatic N) is 2. The molecule has 0 saturated carbocycles. The topological polar surface area (TPSA) is 61.2 Å². The van der Waals surface area contributed by atoms with Crippen LogP contribution in [0.3, 0.4) is 0 Å². The van der Waals surface area contributed by atoms with Crippen molar-refractivity contribution in [1.82, 2.24) is 4.31 Å². The zero-order valence-electron chi connectivity index (χ0n) is 13.0. The Kier molecular flexibility index (Phi) is 6.86. The van der Waals surface area contributed by atoms with Crippen LogP contribution in [0.25, 0.3) is 0 Å². The molecule has 0 radical (unpaired) electrons. The summed E-state index contributed by atoms with van der Waals surface area (Å²) in [5.41, 5.74) is 1.000. The summed E-state index contributed by atoms with van der Waals surface area (Å²) in [7, 11) is -3.41. The van der Waals surface area contributed by atoms with Crippen LogP contribution in [-0.2, 0) is 15.8 Å². The van der Waals surface area contributed by atoms with Crippen molar-refractivity contribution < 1.29 is 8.42 Å². The van der Waals surface area contributed by atoms with Crippen molar-refractivity contribution in [2.45, 2.75) is 51.8 Å². The lowest BCUT2D eigenvalue weighted by molar-refractivity contribution is 0.345. The van der Waals surface area contributed by atoms with Gasteiger partial charge in [-0.05, 0) is 31.9 Å². The molecular formula is C16H24N2O2S. The number of hydrogen-bond acceptors (Lipinski definition) is 3. The zero-order valence-corrected chi connectivity index (χ0v) is 13.9. The van der Waals surface area contributed by atoms with Gasteiger partial charge in [-0.15, -0.1) is 0 Å². The molecule has 0 amide bonds. The minimum Gasteiger partial charge on any atom is -0.212 e. The molecule has 4 nitrogen and oxygen atoms in total. The molecule has 0 aromatic heterocycles. The van der Waals surface area contributed by atoms with E-state index < -0.39 is 10.0 Å². The molecule has 0 atom stereocenters. The van der Waals surface area contributed by atoms with E-state index in [2.05, 4.69) is 13.0 Å². The molecule has 0 heterocycles. The minimum absolute atomic E-state index is 0.0684. The molecule has 0 N–H and O–H groups in total. The number of rotatable bonds is 8. The molecule has 1 aromatic rings. The van der Waals surface area contributed by atoms with Crippen LogP contribution in [0.1, 0.15) is 51.2 Å². The third-order valence-corrected chi connectivity index (χ3v) is 5.39. The molecule has 21 heavy (non-hydrogen) atoms. The van der Waals surface area contributed by atoms with Gasteiger partial charge >= 0.3 is 0 Å². The number of hydrogen-bond donors (Lipinski definition) is 0. The Balaban J connectivity index is 2.94. The van der Waals surface area contributed by atoms with E-state index in [-0.39, 0.29) is 11.8 Å². The van der Waals surface area contributed by atoms with E-state index in [1.54, 1.807) is 28.6 Å². The summed E-state index contributed by atoms with van der Waals surface area (Å²) >= 11 is 0. The second-order valence-electron chi connectivity index (χ2n) is 5.44. The number of unbranched alkanes of at least 4 members (excludes halogenated alkanes) is 2. The van der Waals surface area contributed by atoms with Crippen LogP contribution in [0.5, 0.6) is 0 Å². The van der Waals surface area contributed by atoms with Gasteiger partial charge in [0.2, 0.25) is 10.0 Å². The van der Waals surface area contributed by atoms with Gasteiger partial charge in [0.05, 0.1) is 17.4 Å². The van der Waals surface area contributed by atoms with Gasteiger partial charge in [0.15, 0.2) is 0 Å². The van der Waals surface area contributed by atoms with Crippen LogP contribution < -0.4 is 0 Å². The second kappa shape index (κ2) is 8.16. The normalized spacial score (nSPS) is 11.8. The van der Waals surface area contributed by atoms with E-state index >= 15 is 0 Å². The Morgan fingerprint density at radius 1 is 1.24 bits per heavy atom. The minimum atomic E-state index is -3.41. The summed E-state index contributed by atoms with van der Waals surface area (Å²) in [5.74, 6) is -0.110. The fourth-order valence-corrected chi connectivity index (χ4v) is 4.13. The molecule has 0 aliphatic carbocycles. The van der Waals surface area contributed by atoms with Gasteiger partial charge in [0, 0.05) is 12.6 Å². The highest BCUT2D eigenvalue weighted by Crippen LogP contribution is 2.17. The Morgan fingerprint density at radius 3 is 2.48 bits per heavy atom. The van der Waals surface area contributed by atoms with Gasteiger partial charge in [-0.25, -0.2) is 8.42 Å². The maximum absolute atomic E-state index is 12.6. The molecule has 0 saturated heterocycles. The molecule has 0 aliphatic rings. The molecule has 1 rings (SSSR count). The van der Waals surface area contributed by atoms with Crippen molar-refractivity contribution in [3.8, 4) is 6.07 Å². The average molecular weight is 308 g/mol. The van der Waals surface area contributed by atoms with E-state index in [0.717, 1.165) is 19.3 Å². The number of sulfonamides is 1. The first-order chi connectivity index (χ1) is 9.92. The third kappa shape index (κ3) is 5.14. The van der Waals surface area contributed by atoms with Crippen LogP contribution in [0.4, 0.5) is 0 Å². The fraction of sp³-hybridized carbons (Fsp3) is 0.562. The van der Waals surface area contributed by atoms with Gasteiger partial charge in [0.1, 0.15) is 0 Å². The van der Waals surface area contributed by atoms with Crippen molar-refractivity contribution in [1.29, 1.82) is 5.26 Å². The molecule has 116 valence electrons. The highest BCUT2D eigenvalue weighted by atomic mass is 32.2. The van der Waals surface area contributed by atoms with Gasteiger partial charge in [-0.1, -0.05) is 38.0 Å². The summed E-state index contributed by atoms with van der Waals surface area (Å²) in [5, 5.41) is 9.08. The van der Waals surface area contributed by atoms with Crippen molar-refractivity contribution >= 4 is 10.0 Å². The molecular weight excluding hydrogens is 284 g/mol. The molecule has 0 fully saturated rings. The summed E-state index contributed by atoms with van der Waals surface area (Å²) in [6.07, 6.45) is 2.95. The van der Waals surface area contributed by atoms with Gasteiger partial charge in [0.25, 0.3) is 0 Å². The second-order valence-corrected chi connectivity index (χ2v) is 7.36. The van der Waals surface area contributed by atoms with Crippen molar-refractivity contribution in [2.24, 2.45) is 0 Å². The summed E-state index contributed by atoms with van der Waals surface area (Å²) in [4.78, 5) is 0. The Bertz CT molecular complexity index is 589. The van der Waals surface area contributed by atoms with Crippen LogP contribution in [0.15, 0.2) is 24.3 Å². The predicted octanol–water partition coefficient (Wildman–Crippen LogP) is 3.29. The molecule has 0 aliphatic heterocycles. The average Bonchev–Trinajstić information content (AvgIpc) is 2.43. The van der Waals surface area contributed by atoms with Crippen LogP contribution in [0.2, 0.25) is 0 Å². The first-order valence-electron chi connectivity index (χ1n) is 7.40. The molecule has 0 spiro atoms.